The number of carbonyl (C=O) groups is 1. The van der Waals surface area contributed by atoms with Gasteiger partial charge in [0.15, 0.2) is 0 Å². The molecule has 0 spiro atoms. The van der Waals surface area contributed by atoms with E-state index < -0.39 is 55.0 Å². The van der Waals surface area contributed by atoms with Gasteiger partial charge in [-0.2, -0.15) is 8.78 Å². The minimum atomic E-state index is -3.35. The molecule has 0 fully saturated rings. The molecular formula is C13H16F5NO4Si. The number of esters is 1. The summed E-state index contributed by atoms with van der Waals surface area (Å²) in [6.07, 6.45) is 0. The highest BCUT2D eigenvalue weighted by molar-refractivity contribution is 6.71. The Balaban J connectivity index is 3.16. The smallest absolute Gasteiger partial charge is 0.363 e. The van der Waals surface area contributed by atoms with Crippen molar-refractivity contribution in [2.24, 2.45) is 5.73 Å². The van der Waals surface area contributed by atoms with Gasteiger partial charge in [0.25, 0.3) is 0 Å². The zero-order valence-corrected chi connectivity index (χ0v) is 14.1. The molecule has 0 amide bonds. The van der Waals surface area contributed by atoms with Crippen LogP contribution in [0.2, 0.25) is 6.55 Å². The standard InChI is InChI=1S/C13H16F5NO4Si/c1-4-21-24(3,22-5-2)12(19)13(20)23-11-9(17)7(15)6(14)8(16)10(11)18/h12H,4-5,19H2,1-3H3. The maximum absolute atomic E-state index is 13.5. The number of benzene rings is 1. The minimum absolute atomic E-state index is 0.131. The fourth-order valence-electron chi connectivity index (χ4n) is 1.85. The van der Waals surface area contributed by atoms with Crippen LogP contribution in [-0.4, -0.2) is 33.4 Å². The van der Waals surface area contributed by atoms with E-state index in [0.717, 1.165) is 0 Å². The van der Waals surface area contributed by atoms with E-state index in [1.54, 1.807) is 13.8 Å². The molecule has 136 valence electrons. The summed E-state index contributed by atoms with van der Waals surface area (Å²) in [7, 11) is -3.35. The molecule has 2 N–H and O–H groups in total. The summed E-state index contributed by atoms with van der Waals surface area (Å²) in [5.41, 5.74) is 4.08. The van der Waals surface area contributed by atoms with Gasteiger partial charge in [-0.3, -0.25) is 4.79 Å². The lowest BCUT2D eigenvalue weighted by Crippen LogP contribution is -2.60. The van der Waals surface area contributed by atoms with E-state index in [9.17, 15) is 26.7 Å². The monoisotopic (exact) mass is 373 g/mol. The van der Waals surface area contributed by atoms with E-state index in [1.807, 2.05) is 0 Å². The highest BCUT2D eigenvalue weighted by Gasteiger charge is 2.45. The lowest BCUT2D eigenvalue weighted by molar-refractivity contribution is -0.135. The highest BCUT2D eigenvalue weighted by atomic mass is 28.4. The van der Waals surface area contributed by atoms with Crippen LogP contribution in [0.1, 0.15) is 13.8 Å². The maximum Gasteiger partial charge on any atom is 0.363 e. The fraction of sp³-hybridized carbons (Fsp3) is 0.462. The summed E-state index contributed by atoms with van der Waals surface area (Å²) in [5, 5.41) is 0. The van der Waals surface area contributed by atoms with Gasteiger partial charge in [-0.05, 0) is 20.4 Å². The van der Waals surface area contributed by atoms with E-state index >= 15 is 0 Å². The second kappa shape index (κ2) is 8.01. The number of carbonyl (C=O) groups excluding carboxylic acids is 1. The average molecular weight is 373 g/mol. The molecule has 5 nitrogen and oxygen atoms in total. The lowest BCUT2D eigenvalue weighted by Gasteiger charge is -2.29. The number of rotatable bonds is 7. The van der Waals surface area contributed by atoms with E-state index in [0.29, 0.717) is 0 Å². The summed E-state index contributed by atoms with van der Waals surface area (Å²) in [4.78, 5) is 12.0. The lowest BCUT2D eigenvalue weighted by atomic mass is 10.2. The van der Waals surface area contributed by atoms with Gasteiger partial charge in [0, 0.05) is 13.2 Å². The van der Waals surface area contributed by atoms with Gasteiger partial charge in [-0.15, -0.1) is 0 Å². The van der Waals surface area contributed by atoms with Crippen molar-refractivity contribution in [2.75, 3.05) is 13.2 Å². The van der Waals surface area contributed by atoms with Crippen LogP contribution in [0.4, 0.5) is 22.0 Å². The number of hydrogen-bond acceptors (Lipinski definition) is 5. The van der Waals surface area contributed by atoms with Gasteiger partial charge in [0.2, 0.25) is 34.8 Å². The van der Waals surface area contributed by atoms with Crippen LogP contribution in [0.15, 0.2) is 0 Å². The SMILES string of the molecule is CCO[Si](C)(OCC)C(N)C(=O)Oc1c(F)c(F)c(F)c(F)c1F. The first-order chi connectivity index (χ1) is 11.1. The number of nitrogens with two attached hydrogens (primary N) is 1. The van der Waals surface area contributed by atoms with Gasteiger partial charge >= 0.3 is 14.5 Å². The Morgan fingerprint density at radius 3 is 1.71 bits per heavy atom. The molecule has 0 aromatic heterocycles. The van der Waals surface area contributed by atoms with Gasteiger partial charge < -0.3 is 19.3 Å². The first-order valence-corrected chi connectivity index (χ1v) is 9.26. The highest BCUT2D eigenvalue weighted by Crippen LogP contribution is 2.29. The second-order valence-corrected chi connectivity index (χ2v) is 7.91. The molecule has 1 aromatic rings. The first kappa shape index (κ1) is 20.5. The predicted molar refractivity (Wildman–Crippen MR) is 74.7 cm³/mol. The number of ether oxygens (including phenoxy) is 1. The Labute approximate surface area is 135 Å². The molecule has 1 atom stereocenters. The molecule has 1 aromatic carbocycles. The third-order valence-corrected chi connectivity index (χ3v) is 6.14. The van der Waals surface area contributed by atoms with Crippen molar-refractivity contribution in [3.05, 3.63) is 29.1 Å². The summed E-state index contributed by atoms with van der Waals surface area (Å²) >= 11 is 0. The Bertz CT molecular complexity index is 596. The van der Waals surface area contributed by atoms with Crippen LogP contribution in [0.5, 0.6) is 5.75 Å². The van der Waals surface area contributed by atoms with Crippen molar-refractivity contribution in [3.8, 4) is 5.75 Å². The van der Waals surface area contributed by atoms with Crippen LogP contribution >= 0.6 is 0 Å². The fourth-order valence-corrected chi connectivity index (χ4v) is 3.92. The second-order valence-electron chi connectivity index (χ2n) is 4.68. The van der Waals surface area contributed by atoms with Crippen molar-refractivity contribution in [1.82, 2.24) is 0 Å². The van der Waals surface area contributed by atoms with Crippen molar-refractivity contribution >= 4 is 14.5 Å². The molecule has 0 saturated heterocycles. The van der Waals surface area contributed by atoms with E-state index in [4.69, 9.17) is 14.6 Å². The number of halogens is 5. The quantitative estimate of drug-likeness (QED) is 0.198. The van der Waals surface area contributed by atoms with Crippen LogP contribution in [0, 0.1) is 29.1 Å². The minimum Gasteiger partial charge on any atom is -0.419 e. The molecule has 0 heterocycles. The van der Waals surface area contributed by atoms with Gasteiger partial charge in [0.1, 0.15) is 5.67 Å². The molecule has 0 bridgehead atoms. The summed E-state index contributed by atoms with van der Waals surface area (Å²) in [6.45, 7) is 4.88. The summed E-state index contributed by atoms with van der Waals surface area (Å²) in [6, 6.07) is 0. The van der Waals surface area contributed by atoms with Crippen LogP contribution in [0.3, 0.4) is 0 Å². The van der Waals surface area contributed by atoms with Gasteiger partial charge in [-0.1, -0.05) is 0 Å². The third-order valence-electron chi connectivity index (χ3n) is 3.05. The van der Waals surface area contributed by atoms with Crippen molar-refractivity contribution < 1.29 is 40.3 Å². The van der Waals surface area contributed by atoms with E-state index in [-0.39, 0.29) is 13.2 Å². The van der Waals surface area contributed by atoms with E-state index in [1.165, 1.54) is 6.55 Å². The zero-order valence-electron chi connectivity index (χ0n) is 13.1. The van der Waals surface area contributed by atoms with Gasteiger partial charge in [-0.25, -0.2) is 13.2 Å². The molecule has 0 aliphatic rings. The summed E-state index contributed by atoms with van der Waals surface area (Å²) < 4.78 is 81.2. The van der Waals surface area contributed by atoms with Crippen molar-refractivity contribution in [2.45, 2.75) is 26.1 Å². The van der Waals surface area contributed by atoms with Crippen molar-refractivity contribution in [1.29, 1.82) is 0 Å². The molecule has 0 aliphatic carbocycles. The van der Waals surface area contributed by atoms with Crippen LogP contribution in [0.25, 0.3) is 0 Å². The Morgan fingerprint density at radius 1 is 0.958 bits per heavy atom. The largest absolute Gasteiger partial charge is 0.419 e. The molecular weight excluding hydrogens is 357 g/mol. The Kier molecular flexibility index (Phi) is 6.83. The maximum atomic E-state index is 13.5. The Morgan fingerprint density at radius 2 is 1.33 bits per heavy atom. The molecule has 0 aliphatic heterocycles. The normalized spacial score (nSPS) is 13.0. The number of hydrogen-bond donors (Lipinski definition) is 1. The third kappa shape index (κ3) is 3.91. The summed E-state index contributed by atoms with van der Waals surface area (Å²) in [5.74, 6) is -14.5. The Hall–Kier alpha value is -1.56. The van der Waals surface area contributed by atoms with Crippen LogP contribution in [-0.2, 0) is 13.6 Å². The first-order valence-electron chi connectivity index (χ1n) is 6.87. The van der Waals surface area contributed by atoms with E-state index in [2.05, 4.69) is 4.74 Å². The molecule has 1 unspecified atom stereocenters. The molecule has 0 radical (unpaired) electrons. The average Bonchev–Trinajstić information content (AvgIpc) is 2.54. The predicted octanol–water partition coefficient (Wildman–Crippen LogP) is 2.30. The van der Waals surface area contributed by atoms with Crippen molar-refractivity contribution in [3.63, 3.8) is 0 Å². The van der Waals surface area contributed by atoms with Gasteiger partial charge in [0.05, 0.1) is 0 Å². The molecule has 24 heavy (non-hydrogen) atoms. The molecule has 0 saturated carbocycles. The zero-order chi connectivity index (χ0) is 18.7. The van der Waals surface area contributed by atoms with Crippen LogP contribution < -0.4 is 10.5 Å². The topological polar surface area (TPSA) is 70.8 Å². The molecule has 1 rings (SSSR count). The molecule has 11 heteroatoms.